The number of carbonyl (C=O) groups is 2. The number of fused-ring (bicyclic) bond motifs is 2. The fraction of sp³-hybridized carbons (Fsp3) is 0.200. The minimum atomic E-state index is -0.527. The number of hydrogen-bond acceptors (Lipinski definition) is 7. The number of amides is 1. The van der Waals surface area contributed by atoms with Crippen molar-refractivity contribution < 1.29 is 14.3 Å². The Balaban J connectivity index is 1.30. The van der Waals surface area contributed by atoms with E-state index in [4.69, 9.17) is 21.3 Å². The molecule has 0 aliphatic carbocycles. The van der Waals surface area contributed by atoms with Gasteiger partial charge in [0.1, 0.15) is 0 Å². The number of anilines is 1. The number of aromatic nitrogens is 2. The van der Waals surface area contributed by atoms with E-state index in [1.807, 2.05) is 48.8 Å². The summed E-state index contributed by atoms with van der Waals surface area (Å²) in [4.78, 5) is 36.9. The standard InChI is InChI=1S/C25H21ClN4O3S/c1-30-11-10-20-18(12-30)23(17-4-2-3-5-19(17)27-20)24(32)33-13-22(31)29-25-28-21(14-34-25)15-6-8-16(26)9-7-15/h2-9,14H,10-13H2,1H3,(H,28,29,31). The van der Waals surface area contributed by atoms with E-state index in [-0.39, 0.29) is 0 Å². The van der Waals surface area contributed by atoms with Crippen LogP contribution in [0.3, 0.4) is 0 Å². The maximum absolute atomic E-state index is 13.1. The van der Waals surface area contributed by atoms with Gasteiger partial charge in [-0.15, -0.1) is 11.3 Å². The second-order valence-corrected chi connectivity index (χ2v) is 9.38. The molecule has 0 radical (unpaired) electrons. The molecule has 0 unspecified atom stereocenters. The lowest BCUT2D eigenvalue weighted by atomic mass is 9.96. The molecule has 0 saturated heterocycles. The van der Waals surface area contributed by atoms with Gasteiger partial charge in [-0.05, 0) is 25.2 Å². The van der Waals surface area contributed by atoms with Crippen molar-refractivity contribution in [2.75, 3.05) is 25.5 Å². The molecule has 5 rings (SSSR count). The van der Waals surface area contributed by atoms with Gasteiger partial charge in [-0.1, -0.05) is 41.9 Å². The van der Waals surface area contributed by atoms with E-state index in [1.54, 1.807) is 12.1 Å². The van der Waals surface area contributed by atoms with Crippen LogP contribution in [0.15, 0.2) is 53.9 Å². The van der Waals surface area contributed by atoms with Crippen LogP contribution < -0.4 is 5.32 Å². The highest BCUT2D eigenvalue weighted by Gasteiger charge is 2.26. The Morgan fingerprint density at radius 3 is 2.76 bits per heavy atom. The van der Waals surface area contributed by atoms with Crippen molar-refractivity contribution in [3.63, 3.8) is 0 Å². The first-order valence-electron chi connectivity index (χ1n) is 10.8. The normalized spacial score (nSPS) is 13.5. The van der Waals surface area contributed by atoms with E-state index in [0.29, 0.717) is 22.3 Å². The fourth-order valence-corrected chi connectivity index (χ4v) is 4.86. The molecule has 2 aromatic heterocycles. The third kappa shape index (κ3) is 4.65. The number of nitrogens with one attached hydrogen (secondary N) is 1. The summed E-state index contributed by atoms with van der Waals surface area (Å²) in [6.45, 7) is 1.08. The molecule has 9 heteroatoms. The number of ether oxygens (including phenoxy) is 1. The minimum Gasteiger partial charge on any atom is -0.452 e. The van der Waals surface area contributed by atoms with Crippen molar-refractivity contribution in [3.05, 3.63) is 75.8 Å². The molecule has 0 spiro atoms. The molecule has 1 aliphatic heterocycles. The van der Waals surface area contributed by atoms with Crippen molar-refractivity contribution in [1.29, 1.82) is 0 Å². The molecule has 0 fully saturated rings. The Hall–Kier alpha value is -3.33. The summed E-state index contributed by atoms with van der Waals surface area (Å²) in [7, 11) is 2.01. The number of nitrogens with zero attached hydrogens (tertiary/aromatic N) is 3. The third-order valence-electron chi connectivity index (χ3n) is 5.67. The average molecular weight is 493 g/mol. The molecule has 172 valence electrons. The van der Waals surface area contributed by atoms with Gasteiger partial charge in [-0.2, -0.15) is 0 Å². The SMILES string of the molecule is CN1CCc2nc3ccccc3c(C(=O)OCC(=O)Nc3nc(-c4ccc(Cl)cc4)cs3)c2C1. The Bertz CT molecular complexity index is 1390. The van der Waals surface area contributed by atoms with E-state index < -0.39 is 18.5 Å². The first-order chi connectivity index (χ1) is 16.5. The summed E-state index contributed by atoms with van der Waals surface area (Å²) < 4.78 is 5.44. The monoisotopic (exact) mass is 492 g/mol. The highest BCUT2D eigenvalue weighted by molar-refractivity contribution is 7.14. The van der Waals surface area contributed by atoms with Crippen LogP contribution in [0.5, 0.6) is 0 Å². The van der Waals surface area contributed by atoms with Crippen molar-refractivity contribution in [3.8, 4) is 11.3 Å². The number of rotatable bonds is 5. The fourth-order valence-electron chi connectivity index (χ4n) is 4.00. The molecule has 3 heterocycles. The second kappa shape index (κ2) is 9.50. The van der Waals surface area contributed by atoms with Crippen molar-refractivity contribution in [2.24, 2.45) is 0 Å². The number of likely N-dealkylation sites (N-methyl/N-ethyl adjacent to an activating group) is 1. The van der Waals surface area contributed by atoms with Crippen LogP contribution in [0.25, 0.3) is 22.2 Å². The average Bonchev–Trinajstić information content (AvgIpc) is 3.30. The van der Waals surface area contributed by atoms with Gasteiger partial charge >= 0.3 is 5.97 Å². The molecule has 2 aromatic carbocycles. The summed E-state index contributed by atoms with van der Waals surface area (Å²) in [5.41, 5.74) is 4.63. The number of pyridine rings is 1. The van der Waals surface area contributed by atoms with Crippen LogP contribution in [0.4, 0.5) is 5.13 Å². The van der Waals surface area contributed by atoms with Gasteiger partial charge in [-0.25, -0.2) is 9.78 Å². The van der Waals surface area contributed by atoms with Crippen LogP contribution in [0.2, 0.25) is 5.02 Å². The number of benzene rings is 2. The van der Waals surface area contributed by atoms with E-state index in [0.717, 1.165) is 46.4 Å². The summed E-state index contributed by atoms with van der Waals surface area (Å²) in [6, 6.07) is 14.8. The van der Waals surface area contributed by atoms with Crippen molar-refractivity contribution in [2.45, 2.75) is 13.0 Å². The molecule has 4 aromatic rings. The lowest BCUT2D eigenvalue weighted by Crippen LogP contribution is -2.30. The third-order valence-corrected chi connectivity index (χ3v) is 6.68. The zero-order valence-corrected chi connectivity index (χ0v) is 19.9. The van der Waals surface area contributed by atoms with Gasteiger partial charge in [-0.3, -0.25) is 15.1 Å². The predicted octanol–water partition coefficient (Wildman–Crippen LogP) is 4.80. The maximum Gasteiger partial charge on any atom is 0.339 e. The van der Waals surface area contributed by atoms with Gasteiger partial charge in [0.2, 0.25) is 0 Å². The number of hydrogen-bond donors (Lipinski definition) is 1. The number of halogens is 1. The lowest BCUT2D eigenvalue weighted by molar-refractivity contribution is -0.119. The van der Waals surface area contributed by atoms with Crippen molar-refractivity contribution >= 4 is 50.8 Å². The van der Waals surface area contributed by atoms with Crippen LogP contribution in [-0.2, 0) is 22.5 Å². The Morgan fingerprint density at radius 2 is 1.94 bits per heavy atom. The second-order valence-electron chi connectivity index (χ2n) is 8.09. The van der Waals surface area contributed by atoms with E-state index >= 15 is 0 Å². The summed E-state index contributed by atoms with van der Waals surface area (Å²) in [5.74, 6) is -0.976. The molecular formula is C25H21ClN4O3S. The van der Waals surface area contributed by atoms with Crippen LogP contribution in [-0.4, -0.2) is 46.9 Å². The van der Waals surface area contributed by atoms with Gasteiger partial charge in [0.05, 0.1) is 16.8 Å². The topological polar surface area (TPSA) is 84.4 Å². The van der Waals surface area contributed by atoms with Gasteiger partial charge < -0.3 is 9.64 Å². The Morgan fingerprint density at radius 1 is 1.15 bits per heavy atom. The molecule has 0 saturated carbocycles. The molecule has 0 bridgehead atoms. The van der Waals surface area contributed by atoms with Gasteiger partial charge in [0, 0.05) is 52.1 Å². The van der Waals surface area contributed by atoms with E-state index in [1.165, 1.54) is 11.3 Å². The molecule has 1 N–H and O–H groups in total. The first-order valence-corrected chi connectivity index (χ1v) is 12.0. The summed E-state index contributed by atoms with van der Waals surface area (Å²) in [5, 5.41) is 6.35. The predicted molar refractivity (Wildman–Crippen MR) is 133 cm³/mol. The van der Waals surface area contributed by atoms with Gasteiger partial charge in [0.15, 0.2) is 11.7 Å². The molecular weight excluding hydrogens is 472 g/mol. The first kappa shape index (κ1) is 22.5. The number of thiazole rings is 1. The molecule has 7 nitrogen and oxygen atoms in total. The minimum absolute atomic E-state index is 0.407. The van der Waals surface area contributed by atoms with Gasteiger partial charge in [0.25, 0.3) is 5.91 Å². The molecule has 34 heavy (non-hydrogen) atoms. The lowest BCUT2D eigenvalue weighted by Gasteiger charge is -2.26. The van der Waals surface area contributed by atoms with Crippen LogP contribution in [0, 0.1) is 0 Å². The summed E-state index contributed by atoms with van der Waals surface area (Å²) in [6.07, 6.45) is 0.761. The zero-order chi connectivity index (χ0) is 23.7. The smallest absolute Gasteiger partial charge is 0.339 e. The largest absolute Gasteiger partial charge is 0.452 e. The van der Waals surface area contributed by atoms with E-state index in [2.05, 4.69) is 15.2 Å². The highest BCUT2D eigenvalue weighted by Crippen LogP contribution is 2.29. The quantitative estimate of drug-likeness (QED) is 0.403. The Labute approximate surface area is 205 Å². The number of para-hydroxylation sites is 1. The van der Waals surface area contributed by atoms with Crippen molar-refractivity contribution in [1.82, 2.24) is 14.9 Å². The number of carbonyl (C=O) groups excluding carboxylic acids is 2. The highest BCUT2D eigenvalue weighted by atomic mass is 35.5. The Kier molecular flexibility index (Phi) is 6.28. The molecule has 0 atom stereocenters. The number of esters is 1. The van der Waals surface area contributed by atoms with Crippen LogP contribution in [0.1, 0.15) is 21.6 Å². The van der Waals surface area contributed by atoms with Crippen LogP contribution >= 0.6 is 22.9 Å². The summed E-state index contributed by atoms with van der Waals surface area (Å²) >= 11 is 7.23. The maximum atomic E-state index is 13.1. The molecule has 1 amide bonds. The molecule has 1 aliphatic rings. The van der Waals surface area contributed by atoms with E-state index in [9.17, 15) is 9.59 Å². The zero-order valence-electron chi connectivity index (χ0n) is 18.4.